The molecule has 0 aliphatic carbocycles. The number of pyridine rings is 1. The van der Waals surface area contributed by atoms with Crippen LogP contribution in [0.1, 0.15) is 5.69 Å². The molecule has 0 saturated carbocycles. The first kappa shape index (κ1) is 13.2. The highest BCUT2D eigenvalue weighted by atomic mass is 32.2. The lowest BCUT2D eigenvalue weighted by Gasteiger charge is -2.03. The second-order valence-electron chi connectivity index (χ2n) is 4.57. The highest BCUT2D eigenvalue weighted by molar-refractivity contribution is 7.99. The molecule has 20 heavy (non-hydrogen) atoms. The minimum Gasteiger partial charge on any atom is -0.350 e. The van der Waals surface area contributed by atoms with E-state index in [1.54, 1.807) is 0 Å². The van der Waals surface area contributed by atoms with E-state index >= 15 is 0 Å². The maximum Gasteiger partial charge on any atom is 0.0732 e. The van der Waals surface area contributed by atoms with E-state index in [2.05, 4.69) is 45.6 Å². The molecule has 0 aliphatic heterocycles. The van der Waals surface area contributed by atoms with Crippen LogP contribution in [-0.4, -0.2) is 22.3 Å². The zero-order valence-electron chi connectivity index (χ0n) is 11.2. The summed E-state index contributed by atoms with van der Waals surface area (Å²) in [5, 5.41) is 5.91. The molecule has 0 amide bonds. The van der Waals surface area contributed by atoms with Gasteiger partial charge < -0.3 is 10.3 Å². The standard InChI is InChI=1S/C16H17N3S/c1-2-7-15-13(5-1)11-16(19-15)20-10-9-17-12-14-6-3-4-8-18-14/h1-8,11,17,19H,9-10,12H2. The molecule has 3 aromatic rings. The van der Waals surface area contributed by atoms with Crippen LogP contribution in [0.25, 0.3) is 10.9 Å². The van der Waals surface area contributed by atoms with Crippen LogP contribution < -0.4 is 5.32 Å². The van der Waals surface area contributed by atoms with Crippen molar-refractivity contribution >= 4 is 22.7 Å². The van der Waals surface area contributed by atoms with E-state index in [0.29, 0.717) is 0 Å². The molecule has 0 spiro atoms. The van der Waals surface area contributed by atoms with E-state index in [1.165, 1.54) is 15.9 Å². The number of H-pyrrole nitrogens is 1. The Labute approximate surface area is 122 Å². The van der Waals surface area contributed by atoms with Gasteiger partial charge in [-0.15, -0.1) is 11.8 Å². The van der Waals surface area contributed by atoms with E-state index in [4.69, 9.17) is 0 Å². The molecule has 0 atom stereocenters. The molecule has 0 saturated heterocycles. The SMILES string of the molecule is c1ccc(CNCCSc2cc3ccccc3[nH]2)nc1. The van der Waals surface area contributed by atoms with Crippen LogP contribution in [-0.2, 0) is 6.54 Å². The number of aromatic nitrogens is 2. The molecule has 4 heteroatoms. The lowest BCUT2D eigenvalue weighted by Crippen LogP contribution is -2.17. The average molecular weight is 283 g/mol. The van der Waals surface area contributed by atoms with E-state index in [0.717, 1.165) is 24.5 Å². The number of thioether (sulfide) groups is 1. The van der Waals surface area contributed by atoms with Crippen LogP contribution in [0.15, 0.2) is 59.8 Å². The second kappa shape index (κ2) is 6.59. The summed E-state index contributed by atoms with van der Waals surface area (Å²) in [5.74, 6) is 1.04. The van der Waals surface area contributed by atoms with Crippen molar-refractivity contribution in [2.45, 2.75) is 11.6 Å². The van der Waals surface area contributed by atoms with Crippen molar-refractivity contribution in [3.63, 3.8) is 0 Å². The normalized spacial score (nSPS) is 11.0. The number of para-hydroxylation sites is 1. The van der Waals surface area contributed by atoms with Gasteiger partial charge in [-0.25, -0.2) is 0 Å². The van der Waals surface area contributed by atoms with Gasteiger partial charge in [-0.1, -0.05) is 24.3 Å². The third-order valence-electron chi connectivity index (χ3n) is 3.07. The fraction of sp³-hybridized carbons (Fsp3) is 0.188. The number of rotatable bonds is 6. The van der Waals surface area contributed by atoms with Gasteiger partial charge in [0.25, 0.3) is 0 Å². The van der Waals surface area contributed by atoms with E-state index < -0.39 is 0 Å². The first-order chi connectivity index (χ1) is 9.92. The molecule has 0 aliphatic rings. The highest BCUT2D eigenvalue weighted by Crippen LogP contribution is 2.22. The number of fused-ring (bicyclic) bond motifs is 1. The molecule has 0 fully saturated rings. The Morgan fingerprint density at radius 1 is 1.10 bits per heavy atom. The first-order valence-corrected chi connectivity index (χ1v) is 7.71. The van der Waals surface area contributed by atoms with Crippen molar-refractivity contribution in [3.05, 3.63) is 60.4 Å². The highest BCUT2D eigenvalue weighted by Gasteiger charge is 2.00. The molecule has 1 aromatic carbocycles. The third-order valence-corrected chi connectivity index (χ3v) is 4.01. The second-order valence-corrected chi connectivity index (χ2v) is 5.70. The van der Waals surface area contributed by atoms with Crippen LogP contribution >= 0.6 is 11.8 Å². The molecular weight excluding hydrogens is 266 g/mol. The van der Waals surface area contributed by atoms with Gasteiger partial charge in [-0.3, -0.25) is 4.98 Å². The minimum atomic E-state index is 0.827. The Kier molecular flexibility index (Phi) is 4.35. The molecule has 0 radical (unpaired) electrons. The summed E-state index contributed by atoms with van der Waals surface area (Å²) in [4.78, 5) is 7.71. The Bertz CT molecular complexity index is 631. The monoisotopic (exact) mass is 283 g/mol. The Balaban J connectivity index is 1.43. The van der Waals surface area contributed by atoms with Gasteiger partial charge in [0.05, 0.1) is 10.7 Å². The predicted octanol–water partition coefficient (Wildman–Crippen LogP) is 3.44. The minimum absolute atomic E-state index is 0.827. The number of aromatic amines is 1. The molecule has 3 nitrogen and oxygen atoms in total. The lowest BCUT2D eigenvalue weighted by molar-refractivity contribution is 0.715. The average Bonchev–Trinajstić information content (AvgIpc) is 2.90. The van der Waals surface area contributed by atoms with E-state index in [-0.39, 0.29) is 0 Å². The fourth-order valence-electron chi connectivity index (χ4n) is 2.08. The predicted molar refractivity (Wildman–Crippen MR) is 85.0 cm³/mol. The number of nitrogens with one attached hydrogen (secondary N) is 2. The van der Waals surface area contributed by atoms with Crippen molar-refractivity contribution in [2.75, 3.05) is 12.3 Å². The first-order valence-electron chi connectivity index (χ1n) is 6.73. The largest absolute Gasteiger partial charge is 0.350 e. The Hall–Kier alpha value is -1.78. The Morgan fingerprint density at radius 3 is 2.85 bits per heavy atom. The summed E-state index contributed by atoms with van der Waals surface area (Å²) >= 11 is 1.84. The molecule has 102 valence electrons. The molecule has 0 unspecified atom stereocenters. The molecule has 0 bridgehead atoms. The van der Waals surface area contributed by atoms with Crippen molar-refractivity contribution in [1.82, 2.24) is 15.3 Å². The summed E-state index contributed by atoms with van der Waals surface area (Å²) in [6, 6.07) is 16.6. The topological polar surface area (TPSA) is 40.7 Å². The number of hydrogen-bond donors (Lipinski definition) is 2. The molecular formula is C16H17N3S. The van der Waals surface area contributed by atoms with E-state index in [1.807, 2.05) is 36.2 Å². The van der Waals surface area contributed by atoms with Crippen molar-refractivity contribution in [3.8, 4) is 0 Å². The lowest BCUT2D eigenvalue weighted by atomic mass is 10.3. The zero-order valence-corrected chi connectivity index (χ0v) is 12.0. The van der Waals surface area contributed by atoms with Crippen molar-refractivity contribution in [1.29, 1.82) is 0 Å². The smallest absolute Gasteiger partial charge is 0.0732 e. The van der Waals surface area contributed by atoms with Crippen LogP contribution in [0.2, 0.25) is 0 Å². The molecule has 2 aromatic heterocycles. The molecule has 3 rings (SSSR count). The van der Waals surface area contributed by atoms with Crippen LogP contribution in [0.4, 0.5) is 0 Å². The summed E-state index contributed by atoms with van der Waals surface area (Å²) in [5.41, 5.74) is 2.29. The summed E-state index contributed by atoms with van der Waals surface area (Å²) < 4.78 is 0. The maximum atomic E-state index is 4.29. The quantitative estimate of drug-likeness (QED) is 0.538. The van der Waals surface area contributed by atoms with Gasteiger partial charge in [-0.2, -0.15) is 0 Å². The van der Waals surface area contributed by atoms with E-state index in [9.17, 15) is 0 Å². The van der Waals surface area contributed by atoms with Gasteiger partial charge in [0, 0.05) is 35.9 Å². The molecule has 2 heterocycles. The van der Waals surface area contributed by atoms with Crippen molar-refractivity contribution < 1.29 is 0 Å². The van der Waals surface area contributed by atoms with Crippen LogP contribution in [0.3, 0.4) is 0 Å². The fourth-order valence-corrected chi connectivity index (χ4v) is 2.94. The maximum absolute atomic E-state index is 4.29. The van der Waals surface area contributed by atoms with Crippen LogP contribution in [0.5, 0.6) is 0 Å². The van der Waals surface area contributed by atoms with Crippen molar-refractivity contribution in [2.24, 2.45) is 0 Å². The number of benzene rings is 1. The van der Waals surface area contributed by atoms with Gasteiger partial charge >= 0.3 is 0 Å². The third kappa shape index (κ3) is 3.40. The summed E-state index contributed by atoms with van der Waals surface area (Å²) in [7, 11) is 0. The van der Waals surface area contributed by atoms with Gasteiger partial charge in [-0.05, 0) is 24.3 Å². The van der Waals surface area contributed by atoms with Gasteiger partial charge in [0.1, 0.15) is 0 Å². The molecule has 2 N–H and O–H groups in total. The van der Waals surface area contributed by atoms with Crippen LogP contribution in [0, 0.1) is 0 Å². The number of hydrogen-bond acceptors (Lipinski definition) is 3. The van der Waals surface area contributed by atoms with Gasteiger partial charge in [0.15, 0.2) is 0 Å². The zero-order chi connectivity index (χ0) is 13.6. The summed E-state index contributed by atoms with van der Waals surface area (Å²) in [6.07, 6.45) is 1.83. The summed E-state index contributed by atoms with van der Waals surface area (Å²) in [6.45, 7) is 1.80. The van der Waals surface area contributed by atoms with Gasteiger partial charge in [0.2, 0.25) is 0 Å². The number of nitrogens with zero attached hydrogens (tertiary/aromatic N) is 1. The Morgan fingerprint density at radius 2 is 2.00 bits per heavy atom.